The highest BCUT2D eigenvalue weighted by molar-refractivity contribution is 5.98. The molecule has 240 valence electrons. The molecule has 50 heavy (non-hydrogen) atoms. The van der Waals surface area contributed by atoms with Gasteiger partial charge in [-0.15, -0.1) is 0 Å². The zero-order valence-corrected chi connectivity index (χ0v) is 27.6. The van der Waals surface area contributed by atoms with Gasteiger partial charge in [0, 0.05) is 22.9 Å². The molecule has 0 unspecified atom stereocenters. The molecular formula is C46H35N3O. The molecular weight excluding hydrogens is 611 g/mol. The minimum atomic E-state index is 0.268. The quantitative estimate of drug-likeness (QED) is 0.196. The summed E-state index contributed by atoms with van der Waals surface area (Å²) in [5.74, 6) is 0.996. The van der Waals surface area contributed by atoms with Crippen molar-refractivity contribution in [2.45, 2.75) is 25.7 Å². The van der Waals surface area contributed by atoms with Gasteiger partial charge in [0.1, 0.15) is 11.6 Å². The molecule has 1 aliphatic rings. The van der Waals surface area contributed by atoms with Crippen molar-refractivity contribution in [3.05, 3.63) is 169 Å². The Morgan fingerprint density at radius 1 is 0.500 bits per heavy atom. The molecule has 4 nitrogen and oxygen atoms in total. The summed E-state index contributed by atoms with van der Waals surface area (Å²) in [5, 5.41) is 11.7. The number of benzene rings is 6. The summed E-state index contributed by atoms with van der Waals surface area (Å²) >= 11 is 0. The summed E-state index contributed by atoms with van der Waals surface area (Å²) in [6.07, 6.45) is 6.16. The van der Waals surface area contributed by atoms with Gasteiger partial charge >= 0.3 is 0 Å². The molecule has 1 N–H and O–H groups in total. The van der Waals surface area contributed by atoms with E-state index in [-0.39, 0.29) is 5.75 Å². The fourth-order valence-electron chi connectivity index (χ4n) is 7.50. The second-order valence-electron chi connectivity index (χ2n) is 13.1. The predicted molar refractivity (Wildman–Crippen MR) is 204 cm³/mol. The molecule has 0 aliphatic heterocycles. The number of hydrogen-bond donors (Lipinski definition) is 1. The molecule has 2 heterocycles. The Kier molecular flexibility index (Phi) is 7.55. The molecule has 1 aliphatic carbocycles. The Bertz CT molecular complexity index is 2430. The molecule has 4 heteroatoms. The normalized spacial score (nSPS) is 12.6. The summed E-state index contributed by atoms with van der Waals surface area (Å²) < 4.78 is 2.24. The number of aryl methyl sites for hydroxylation is 2. The van der Waals surface area contributed by atoms with Gasteiger partial charge in [-0.25, -0.2) is 4.98 Å². The smallest absolute Gasteiger partial charge is 0.149 e. The lowest BCUT2D eigenvalue weighted by Crippen LogP contribution is -2.05. The van der Waals surface area contributed by atoms with Crippen molar-refractivity contribution in [2.24, 2.45) is 0 Å². The first-order chi connectivity index (χ1) is 24.7. The third-order valence-corrected chi connectivity index (χ3v) is 9.93. The number of imidazole rings is 1. The van der Waals surface area contributed by atoms with Crippen LogP contribution in [0.3, 0.4) is 0 Å². The van der Waals surface area contributed by atoms with Crippen LogP contribution in [0.1, 0.15) is 24.0 Å². The lowest BCUT2D eigenvalue weighted by atomic mass is 9.90. The summed E-state index contributed by atoms with van der Waals surface area (Å²) in [5.41, 5.74) is 14.7. The Morgan fingerprint density at radius 2 is 1.16 bits per heavy atom. The average Bonchev–Trinajstić information content (AvgIpc) is 3.58. The van der Waals surface area contributed by atoms with Crippen molar-refractivity contribution in [1.29, 1.82) is 0 Å². The summed E-state index contributed by atoms with van der Waals surface area (Å²) in [6.45, 7) is 0. The number of fused-ring (bicyclic) bond motifs is 2. The second-order valence-corrected chi connectivity index (χ2v) is 13.1. The van der Waals surface area contributed by atoms with Gasteiger partial charge in [0.15, 0.2) is 0 Å². The van der Waals surface area contributed by atoms with Crippen LogP contribution in [0.5, 0.6) is 5.75 Å². The molecule has 0 spiro atoms. The summed E-state index contributed by atoms with van der Waals surface area (Å²) in [6, 6.07) is 52.8. The van der Waals surface area contributed by atoms with Crippen molar-refractivity contribution < 1.29 is 5.11 Å². The maximum absolute atomic E-state index is 11.7. The first kappa shape index (κ1) is 29.8. The Morgan fingerprint density at radius 3 is 1.94 bits per heavy atom. The third kappa shape index (κ3) is 5.36. The molecule has 0 saturated carbocycles. The highest BCUT2D eigenvalue weighted by atomic mass is 16.3. The van der Waals surface area contributed by atoms with Crippen LogP contribution in [0.2, 0.25) is 0 Å². The highest BCUT2D eigenvalue weighted by Gasteiger charge is 2.24. The van der Waals surface area contributed by atoms with Crippen molar-refractivity contribution in [3.8, 4) is 67.5 Å². The largest absolute Gasteiger partial charge is 0.507 e. The van der Waals surface area contributed by atoms with E-state index in [9.17, 15) is 5.11 Å². The number of phenolic OH excluding ortho intramolecular Hbond substituents is 1. The standard InChI is InChI=1S/C46H35N3O/c50-44-30-34-19-8-7-18-33(34)29-40(44)46-48-45-39(21-13-24-43(45)49(46)42-23-10-9-20-38(42)32-16-5-2-6-17-32)36-26-35(31-14-3-1-4-15-31)27-37(28-36)41-22-11-12-25-47-41/h1-6,9-17,20-30,50H,7-8,18-19H2. The molecule has 2 aromatic heterocycles. The molecule has 0 radical (unpaired) electrons. The van der Waals surface area contributed by atoms with Crippen LogP contribution in [0.25, 0.3) is 72.7 Å². The fourth-order valence-corrected chi connectivity index (χ4v) is 7.50. The Hall–Kier alpha value is -6.26. The Labute approximate surface area is 292 Å². The van der Waals surface area contributed by atoms with E-state index < -0.39 is 0 Å². The predicted octanol–water partition coefficient (Wildman–Crippen LogP) is 11.3. The maximum atomic E-state index is 11.7. The van der Waals surface area contributed by atoms with E-state index in [1.54, 1.807) is 0 Å². The molecule has 0 atom stereocenters. The minimum absolute atomic E-state index is 0.268. The van der Waals surface area contributed by atoms with Crippen molar-refractivity contribution in [3.63, 3.8) is 0 Å². The van der Waals surface area contributed by atoms with Crippen molar-refractivity contribution in [2.75, 3.05) is 0 Å². The maximum Gasteiger partial charge on any atom is 0.149 e. The van der Waals surface area contributed by atoms with E-state index in [0.717, 1.165) is 98.4 Å². The van der Waals surface area contributed by atoms with Gasteiger partial charge in [-0.05, 0) is 114 Å². The van der Waals surface area contributed by atoms with Crippen LogP contribution in [0.15, 0.2) is 158 Å². The minimum Gasteiger partial charge on any atom is -0.507 e. The number of rotatable bonds is 6. The van der Waals surface area contributed by atoms with Crippen LogP contribution < -0.4 is 0 Å². The molecule has 0 saturated heterocycles. The number of aromatic nitrogens is 3. The number of aromatic hydroxyl groups is 1. The molecule has 0 amide bonds. The SMILES string of the molecule is Oc1cc2c(cc1-c1nc3c(-c4cc(-c5ccccc5)cc(-c5ccccn5)c4)cccc3n1-c1ccccc1-c1ccccc1)CCCC2. The molecule has 0 bridgehead atoms. The van der Waals surface area contributed by atoms with Gasteiger partial charge in [-0.1, -0.05) is 97.1 Å². The number of pyridine rings is 1. The fraction of sp³-hybridized carbons (Fsp3) is 0.0870. The first-order valence-electron chi connectivity index (χ1n) is 17.3. The van der Waals surface area contributed by atoms with Crippen LogP contribution >= 0.6 is 0 Å². The van der Waals surface area contributed by atoms with Gasteiger partial charge in [-0.2, -0.15) is 0 Å². The number of nitrogens with zero attached hydrogens (tertiary/aromatic N) is 3. The zero-order valence-electron chi connectivity index (χ0n) is 27.6. The zero-order chi connectivity index (χ0) is 33.4. The average molecular weight is 646 g/mol. The number of para-hydroxylation sites is 2. The molecule has 6 aromatic carbocycles. The van der Waals surface area contributed by atoms with Crippen molar-refractivity contribution >= 4 is 11.0 Å². The number of hydrogen-bond acceptors (Lipinski definition) is 3. The summed E-state index contributed by atoms with van der Waals surface area (Å²) in [7, 11) is 0. The van der Waals surface area contributed by atoms with Gasteiger partial charge in [0.05, 0.1) is 28.0 Å². The van der Waals surface area contributed by atoms with Crippen LogP contribution in [0, 0.1) is 0 Å². The van der Waals surface area contributed by atoms with Crippen LogP contribution in [0.4, 0.5) is 0 Å². The van der Waals surface area contributed by atoms with Crippen LogP contribution in [-0.4, -0.2) is 19.6 Å². The van der Waals surface area contributed by atoms with Crippen LogP contribution in [-0.2, 0) is 12.8 Å². The van der Waals surface area contributed by atoms with E-state index in [1.807, 2.05) is 36.5 Å². The van der Waals surface area contributed by atoms with E-state index in [1.165, 1.54) is 11.1 Å². The first-order valence-corrected chi connectivity index (χ1v) is 17.3. The Balaban J connectivity index is 1.33. The lowest BCUT2D eigenvalue weighted by molar-refractivity contribution is 0.474. The van der Waals surface area contributed by atoms with Gasteiger partial charge in [0.2, 0.25) is 0 Å². The third-order valence-electron chi connectivity index (χ3n) is 9.93. The van der Waals surface area contributed by atoms with E-state index in [2.05, 4.69) is 126 Å². The molecule has 9 rings (SSSR count). The topological polar surface area (TPSA) is 50.9 Å². The summed E-state index contributed by atoms with van der Waals surface area (Å²) in [4.78, 5) is 10.2. The molecule has 8 aromatic rings. The second kappa shape index (κ2) is 12.6. The van der Waals surface area contributed by atoms with Gasteiger partial charge < -0.3 is 5.11 Å². The van der Waals surface area contributed by atoms with Crippen molar-refractivity contribution in [1.82, 2.24) is 14.5 Å². The molecule has 0 fully saturated rings. The van der Waals surface area contributed by atoms with E-state index in [0.29, 0.717) is 0 Å². The number of phenols is 1. The van der Waals surface area contributed by atoms with Gasteiger partial charge in [-0.3, -0.25) is 9.55 Å². The monoisotopic (exact) mass is 645 g/mol. The van der Waals surface area contributed by atoms with E-state index in [4.69, 9.17) is 9.97 Å². The highest BCUT2D eigenvalue weighted by Crippen LogP contribution is 2.42. The van der Waals surface area contributed by atoms with E-state index >= 15 is 0 Å². The van der Waals surface area contributed by atoms with Gasteiger partial charge in [0.25, 0.3) is 0 Å². The lowest BCUT2D eigenvalue weighted by Gasteiger charge is -2.19.